The minimum atomic E-state index is -0.472. The van der Waals surface area contributed by atoms with Crippen molar-refractivity contribution in [2.45, 2.75) is 6.92 Å². The van der Waals surface area contributed by atoms with E-state index < -0.39 is 4.92 Å². The molecule has 0 saturated carbocycles. The standard InChI is InChI=1S/C18H14IN3O4/c1-11-9-12(19)4-5-14(11)21-17(23)10-26-16-7-6-15(22(24)25)13-3-2-8-20-18(13)16/h2-9H,10H2,1H3,(H,21,23). The van der Waals surface area contributed by atoms with Gasteiger partial charge in [0.05, 0.1) is 10.3 Å². The van der Waals surface area contributed by atoms with E-state index in [0.717, 1.165) is 9.13 Å². The molecule has 3 aromatic rings. The fourth-order valence-corrected chi connectivity index (χ4v) is 3.15. The zero-order valence-electron chi connectivity index (χ0n) is 13.7. The van der Waals surface area contributed by atoms with Gasteiger partial charge in [0.15, 0.2) is 6.61 Å². The number of non-ortho nitro benzene ring substituents is 1. The number of aryl methyl sites for hydroxylation is 1. The van der Waals surface area contributed by atoms with Gasteiger partial charge in [-0.3, -0.25) is 19.9 Å². The number of nitrogens with one attached hydrogen (secondary N) is 1. The highest BCUT2D eigenvalue weighted by Crippen LogP contribution is 2.31. The number of hydrogen-bond acceptors (Lipinski definition) is 5. The van der Waals surface area contributed by atoms with E-state index in [1.807, 2.05) is 25.1 Å². The lowest BCUT2D eigenvalue weighted by Gasteiger charge is -2.11. The van der Waals surface area contributed by atoms with E-state index in [1.54, 1.807) is 12.1 Å². The fourth-order valence-electron chi connectivity index (χ4n) is 2.50. The molecule has 0 atom stereocenters. The summed E-state index contributed by atoms with van der Waals surface area (Å²) in [5.74, 6) is -0.00239. The number of aromatic nitrogens is 1. The second-order valence-corrected chi connectivity index (χ2v) is 6.78. The smallest absolute Gasteiger partial charge is 0.279 e. The highest BCUT2D eigenvalue weighted by molar-refractivity contribution is 14.1. The number of carbonyl (C=O) groups is 1. The summed E-state index contributed by atoms with van der Waals surface area (Å²) in [7, 11) is 0. The second-order valence-electron chi connectivity index (χ2n) is 5.54. The molecule has 0 bridgehead atoms. The van der Waals surface area contributed by atoms with Crippen molar-refractivity contribution in [1.29, 1.82) is 0 Å². The summed E-state index contributed by atoms with van der Waals surface area (Å²) in [6.07, 6.45) is 1.52. The number of halogens is 1. The monoisotopic (exact) mass is 463 g/mol. The van der Waals surface area contributed by atoms with Gasteiger partial charge in [0.2, 0.25) is 0 Å². The third-order valence-electron chi connectivity index (χ3n) is 3.73. The number of nitro benzene ring substituents is 1. The number of hydrogen-bond donors (Lipinski definition) is 1. The quantitative estimate of drug-likeness (QED) is 0.350. The summed E-state index contributed by atoms with van der Waals surface area (Å²) in [5, 5.41) is 14.3. The van der Waals surface area contributed by atoms with Gasteiger partial charge < -0.3 is 10.1 Å². The number of fused-ring (bicyclic) bond motifs is 1. The number of nitro groups is 1. The molecule has 0 aliphatic carbocycles. The molecule has 1 N–H and O–H groups in total. The van der Waals surface area contributed by atoms with E-state index in [4.69, 9.17) is 4.74 Å². The van der Waals surface area contributed by atoms with Crippen molar-refractivity contribution in [3.63, 3.8) is 0 Å². The average molecular weight is 463 g/mol. The van der Waals surface area contributed by atoms with Crippen molar-refractivity contribution in [1.82, 2.24) is 4.98 Å². The number of benzene rings is 2. The van der Waals surface area contributed by atoms with Crippen molar-refractivity contribution in [2.75, 3.05) is 11.9 Å². The second kappa shape index (κ2) is 7.65. The number of rotatable bonds is 5. The minimum absolute atomic E-state index is 0.0561. The van der Waals surface area contributed by atoms with Gasteiger partial charge in [-0.15, -0.1) is 0 Å². The minimum Gasteiger partial charge on any atom is -0.481 e. The SMILES string of the molecule is Cc1cc(I)ccc1NC(=O)COc1ccc([N+](=O)[O-])c2cccnc12. The van der Waals surface area contributed by atoms with Gasteiger partial charge in [-0.1, -0.05) is 0 Å². The Kier molecular flexibility index (Phi) is 5.31. The third kappa shape index (κ3) is 3.90. The zero-order valence-corrected chi connectivity index (χ0v) is 15.9. The lowest BCUT2D eigenvalue weighted by Crippen LogP contribution is -2.20. The van der Waals surface area contributed by atoms with Crippen LogP contribution in [0.1, 0.15) is 5.56 Å². The number of pyridine rings is 1. The van der Waals surface area contributed by atoms with E-state index in [0.29, 0.717) is 22.3 Å². The molecule has 0 saturated heterocycles. The average Bonchev–Trinajstić information content (AvgIpc) is 2.61. The number of amides is 1. The van der Waals surface area contributed by atoms with E-state index in [1.165, 1.54) is 18.3 Å². The lowest BCUT2D eigenvalue weighted by molar-refractivity contribution is -0.383. The first-order chi connectivity index (χ1) is 12.5. The van der Waals surface area contributed by atoms with Gasteiger partial charge in [0.25, 0.3) is 11.6 Å². The van der Waals surface area contributed by atoms with Gasteiger partial charge in [-0.25, -0.2) is 0 Å². The van der Waals surface area contributed by atoms with Crippen LogP contribution in [0, 0.1) is 20.6 Å². The van der Waals surface area contributed by atoms with Crippen molar-refractivity contribution in [3.8, 4) is 5.75 Å². The van der Waals surface area contributed by atoms with Crippen LogP contribution in [0.3, 0.4) is 0 Å². The topological polar surface area (TPSA) is 94.4 Å². The van der Waals surface area contributed by atoms with Crippen LogP contribution in [0.5, 0.6) is 5.75 Å². The van der Waals surface area contributed by atoms with E-state index in [2.05, 4.69) is 32.9 Å². The van der Waals surface area contributed by atoms with E-state index >= 15 is 0 Å². The first-order valence-electron chi connectivity index (χ1n) is 7.66. The molecular weight excluding hydrogens is 449 g/mol. The number of anilines is 1. The van der Waals surface area contributed by atoms with E-state index in [-0.39, 0.29) is 18.2 Å². The molecule has 0 spiro atoms. The number of nitrogens with zero attached hydrogens (tertiary/aromatic N) is 2. The normalized spacial score (nSPS) is 10.5. The molecule has 7 nitrogen and oxygen atoms in total. The van der Waals surface area contributed by atoms with E-state index in [9.17, 15) is 14.9 Å². The zero-order chi connectivity index (χ0) is 18.7. The van der Waals surface area contributed by atoms with Crippen molar-refractivity contribution >= 4 is 50.8 Å². The first kappa shape index (κ1) is 18.1. The Morgan fingerprint density at radius 3 is 2.85 bits per heavy atom. The van der Waals surface area contributed by atoms with Gasteiger partial charge in [0, 0.05) is 21.5 Å². The van der Waals surface area contributed by atoms with Crippen LogP contribution in [0.25, 0.3) is 10.9 Å². The lowest BCUT2D eigenvalue weighted by atomic mass is 10.1. The molecule has 1 aromatic heterocycles. The summed E-state index contributed by atoms with van der Waals surface area (Å²) in [4.78, 5) is 27.0. The van der Waals surface area contributed by atoms with Gasteiger partial charge in [-0.05, 0) is 71.5 Å². The van der Waals surface area contributed by atoms with Crippen LogP contribution in [0.4, 0.5) is 11.4 Å². The third-order valence-corrected chi connectivity index (χ3v) is 4.40. The molecule has 1 amide bonds. The Bertz CT molecular complexity index is 1010. The van der Waals surface area contributed by atoms with Crippen molar-refractivity contribution < 1.29 is 14.5 Å². The van der Waals surface area contributed by atoms with Crippen LogP contribution in [0.2, 0.25) is 0 Å². The summed E-state index contributed by atoms with van der Waals surface area (Å²) >= 11 is 2.20. The van der Waals surface area contributed by atoms with Crippen LogP contribution in [-0.4, -0.2) is 22.4 Å². The molecule has 0 fully saturated rings. The van der Waals surface area contributed by atoms with Crippen molar-refractivity contribution in [2.24, 2.45) is 0 Å². The highest BCUT2D eigenvalue weighted by atomic mass is 127. The molecule has 132 valence electrons. The summed E-state index contributed by atoms with van der Waals surface area (Å²) in [6, 6.07) is 11.7. The molecule has 0 radical (unpaired) electrons. The van der Waals surface area contributed by atoms with Crippen LogP contribution in [0.15, 0.2) is 48.7 Å². The molecule has 8 heteroatoms. The van der Waals surface area contributed by atoms with Gasteiger partial charge >= 0.3 is 0 Å². The maximum Gasteiger partial charge on any atom is 0.279 e. The fraction of sp³-hybridized carbons (Fsp3) is 0.111. The first-order valence-corrected chi connectivity index (χ1v) is 8.74. The molecule has 1 heterocycles. The Hall–Kier alpha value is -2.75. The largest absolute Gasteiger partial charge is 0.481 e. The predicted octanol–water partition coefficient (Wildman–Crippen LogP) is 4.07. The Labute approximate surface area is 162 Å². The molecule has 0 unspecified atom stereocenters. The summed E-state index contributed by atoms with van der Waals surface area (Å²) in [5.41, 5.74) is 1.96. The molecule has 2 aromatic carbocycles. The van der Waals surface area contributed by atoms with Gasteiger partial charge in [0.1, 0.15) is 11.3 Å². The maximum atomic E-state index is 12.2. The van der Waals surface area contributed by atoms with Gasteiger partial charge in [-0.2, -0.15) is 0 Å². The van der Waals surface area contributed by atoms with Crippen LogP contribution < -0.4 is 10.1 Å². The maximum absolute atomic E-state index is 12.2. The highest BCUT2D eigenvalue weighted by Gasteiger charge is 2.16. The number of ether oxygens (including phenoxy) is 1. The summed E-state index contributed by atoms with van der Waals surface area (Å²) in [6.45, 7) is 1.68. The molecule has 3 rings (SSSR count). The van der Waals surface area contributed by atoms with Crippen LogP contribution >= 0.6 is 22.6 Å². The Morgan fingerprint density at radius 2 is 2.12 bits per heavy atom. The van der Waals surface area contributed by atoms with Crippen molar-refractivity contribution in [3.05, 3.63) is 67.9 Å². The van der Waals surface area contributed by atoms with Crippen LogP contribution in [-0.2, 0) is 4.79 Å². The summed E-state index contributed by atoms with van der Waals surface area (Å²) < 4.78 is 6.63. The Balaban J connectivity index is 1.76. The molecular formula is C18H14IN3O4. The molecule has 0 aliphatic heterocycles. The number of carbonyl (C=O) groups excluding carboxylic acids is 1. The molecule has 0 aliphatic rings. The molecule has 26 heavy (non-hydrogen) atoms. The predicted molar refractivity (Wildman–Crippen MR) is 106 cm³/mol. The Morgan fingerprint density at radius 1 is 1.31 bits per heavy atom.